The quantitative estimate of drug-likeness (QED) is 0.752. The SMILES string of the molecule is COC(=O)CCC(O)CNCc1cc(Br)ccc1C. The van der Waals surface area contributed by atoms with E-state index in [4.69, 9.17) is 0 Å². The summed E-state index contributed by atoms with van der Waals surface area (Å²) in [4.78, 5) is 10.9. The zero-order valence-corrected chi connectivity index (χ0v) is 12.9. The fourth-order valence-electron chi connectivity index (χ4n) is 1.69. The highest BCUT2D eigenvalue weighted by Crippen LogP contribution is 2.15. The van der Waals surface area contributed by atoms with Crippen molar-refractivity contribution in [2.75, 3.05) is 13.7 Å². The molecule has 0 spiro atoms. The molecule has 0 aliphatic carbocycles. The van der Waals surface area contributed by atoms with E-state index in [1.165, 1.54) is 18.2 Å². The van der Waals surface area contributed by atoms with Crippen LogP contribution in [-0.2, 0) is 16.1 Å². The van der Waals surface area contributed by atoms with Crippen LogP contribution in [-0.4, -0.2) is 30.8 Å². The zero-order chi connectivity index (χ0) is 14.3. The molecule has 0 bridgehead atoms. The number of benzene rings is 1. The number of aryl methyl sites for hydroxylation is 1. The van der Waals surface area contributed by atoms with Crippen LogP contribution < -0.4 is 5.32 Å². The lowest BCUT2D eigenvalue weighted by molar-refractivity contribution is -0.141. The molecule has 19 heavy (non-hydrogen) atoms. The van der Waals surface area contributed by atoms with Crippen molar-refractivity contribution in [1.29, 1.82) is 0 Å². The van der Waals surface area contributed by atoms with Crippen molar-refractivity contribution in [3.63, 3.8) is 0 Å². The molecule has 1 unspecified atom stereocenters. The van der Waals surface area contributed by atoms with Crippen molar-refractivity contribution in [3.8, 4) is 0 Å². The average Bonchev–Trinajstić information content (AvgIpc) is 2.40. The number of aliphatic hydroxyl groups is 1. The number of rotatable bonds is 7. The van der Waals surface area contributed by atoms with Crippen LogP contribution in [0.3, 0.4) is 0 Å². The normalized spacial score (nSPS) is 12.2. The molecule has 4 nitrogen and oxygen atoms in total. The topological polar surface area (TPSA) is 58.6 Å². The molecule has 0 aromatic heterocycles. The maximum Gasteiger partial charge on any atom is 0.305 e. The molecular formula is C14H20BrNO3. The molecule has 1 rings (SSSR count). The second-order valence-electron chi connectivity index (χ2n) is 4.47. The van der Waals surface area contributed by atoms with E-state index in [0.29, 0.717) is 19.5 Å². The summed E-state index contributed by atoms with van der Waals surface area (Å²) >= 11 is 3.44. The number of methoxy groups -OCH3 is 1. The number of carbonyl (C=O) groups is 1. The van der Waals surface area contributed by atoms with Gasteiger partial charge in [-0.05, 0) is 36.6 Å². The molecule has 106 valence electrons. The van der Waals surface area contributed by atoms with Crippen LogP contribution in [0.15, 0.2) is 22.7 Å². The molecule has 0 saturated carbocycles. The van der Waals surface area contributed by atoms with E-state index in [-0.39, 0.29) is 12.4 Å². The number of ether oxygens (including phenoxy) is 1. The van der Waals surface area contributed by atoms with Crippen molar-refractivity contribution in [3.05, 3.63) is 33.8 Å². The minimum Gasteiger partial charge on any atom is -0.469 e. The van der Waals surface area contributed by atoms with Crippen LogP contribution in [0.2, 0.25) is 0 Å². The van der Waals surface area contributed by atoms with Gasteiger partial charge in [0.1, 0.15) is 0 Å². The lowest BCUT2D eigenvalue weighted by Gasteiger charge is -2.12. The van der Waals surface area contributed by atoms with E-state index < -0.39 is 6.10 Å². The number of carbonyl (C=O) groups excluding carboxylic acids is 1. The smallest absolute Gasteiger partial charge is 0.305 e. The van der Waals surface area contributed by atoms with Crippen molar-refractivity contribution in [2.45, 2.75) is 32.4 Å². The summed E-state index contributed by atoms with van der Waals surface area (Å²) in [7, 11) is 1.35. The Morgan fingerprint density at radius 3 is 2.95 bits per heavy atom. The van der Waals surface area contributed by atoms with Crippen LogP contribution in [0.5, 0.6) is 0 Å². The van der Waals surface area contributed by atoms with Gasteiger partial charge in [-0.2, -0.15) is 0 Å². The van der Waals surface area contributed by atoms with Crippen LogP contribution in [0.4, 0.5) is 0 Å². The van der Waals surface area contributed by atoms with Gasteiger partial charge in [0.15, 0.2) is 0 Å². The molecule has 2 N–H and O–H groups in total. The van der Waals surface area contributed by atoms with E-state index in [9.17, 15) is 9.90 Å². The molecule has 0 amide bonds. The standard InChI is InChI=1S/C14H20BrNO3/c1-10-3-4-12(15)7-11(10)8-16-9-13(17)5-6-14(18)19-2/h3-4,7,13,16-17H,5-6,8-9H2,1-2H3. The van der Waals surface area contributed by atoms with Crippen LogP contribution in [0.1, 0.15) is 24.0 Å². The largest absolute Gasteiger partial charge is 0.469 e. The lowest BCUT2D eigenvalue weighted by atomic mass is 10.1. The van der Waals surface area contributed by atoms with Gasteiger partial charge >= 0.3 is 5.97 Å². The van der Waals surface area contributed by atoms with E-state index in [1.54, 1.807) is 0 Å². The Kier molecular flexibility index (Phi) is 7.05. The Labute approximate surface area is 122 Å². The molecule has 0 aliphatic heterocycles. The summed E-state index contributed by atoms with van der Waals surface area (Å²) in [5.74, 6) is -0.290. The summed E-state index contributed by atoms with van der Waals surface area (Å²) in [6.45, 7) is 3.21. The molecule has 0 saturated heterocycles. The minimum absolute atomic E-state index is 0.245. The van der Waals surface area contributed by atoms with Crippen molar-refractivity contribution in [2.24, 2.45) is 0 Å². The Balaban J connectivity index is 2.29. The molecule has 1 atom stereocenters. The predicted octanol–water partition coefficient (Wildman–Crippen LogP) is 2.16. The van der Waals surface area contributed by atoms with Gasteiger partial charge in [0.25, 0.3) is 0 Å². The molecule has 0 aliphatic rings. The summed E-state index contributed by atoms with van der Waals surface area (Å²) in [5.41, 5.74) is 2.40. The molecular weight excluding hydrogens is 310 g/mol. The molecule has 5 heteroatoms. The Hall–Kier alpha value is -0.910. The zero-order valence-electron chi connectivity index (χ0n) is 11.3. The molecule has 0 fully saturated rings. The average molecular weight is 330 g/mol. The number of nitrogens with one attached hydrogen (secondary N) is 1. The van der Waals surface area contributed by atoms with E-state index in [0.717, 1.165) is 4.47 Å². The number of hydrogen-bond donors (Lipinski definition) is 2. The Morgan fingerprint density at radius 2 is 2.26 bits per heavy atom. The van der Waals surface area contributed by atoms with E-state index in [2.05, 4.69) is 45.0 Å². The van der Waals surface area contributed by atoms with Gasteiger partial charge in [-0.1, -0.05) is 22.0 Å². The molecule has 0 heterocycles. The van der Waals surface area contributed by atoms with Gasteiger partial charge in [0, 0.05) is 24.0 Å². The first-order valence-electron chi connectivity index (χ1n) is 6.23. The van der Waals surface area contributed by atoms with Gasteiger partial charge in [-0.3, -0.25) is 4.79 Å². The third kappa shape index (κ3) is 6.18. The maximum absolute atomic E-state index is 10.9. The number of aliphatic hydroxyl groups excluding tert-OH is 1. The molecule has 1 aromatic carbocycles. The summed E-state index contributed by atoms with van der Waals surface area (Å²) < 4.78 is 5.57. The second-order valence-corrected chi connectivity index (χ2v) is 5.39. The van der Waals surface area contributed by atoms with Gasteiger partial charge in [0.2, 0.25) is 0 Å². The third-order valence-corrected chi connectivity index (χ3v) is 3.41. The Bertz CT molecular complexity index is 423. The van der Waals surface area contributed by atoms with Crippen molar-refractivity contribution in [1.82, 2.24) is 5.32 Å². The van der Waals surface area contributed by atoms with Crippen LogP contribution >= 0.6 is 15.9 Å². The van der Waals surface area contributed by atoms with Crippen molar-refractivity contribution >= 4 is 21.9 Å². The van der Waals surface area contributed by atoms with Gasteiger partial charge in [0.05, 0.1) is 13.2 Å². The fraction of sp³-hybridized carbons (Fsp3) is 0.500. The minimum atomic E-state index is -0.536. The van der Waals surface area contributed by atoms with Gasteiger partial charge < -0.3 is 15.2 Å². The van der Waals surface area contributed by atoms with Crippen molar-refractivity contribution < 1.29 is 14.6 Å². The van der Waals surface area contributed by atoms with Gasteiger partial charge in [-0.15, -0.1) is 0 Å². The Morgan fingerprint density at radius 1 is 1.53 bits per heavy atom. The highest BCUT2D eigenvalue weighted by molar-refractivity contribution is 9.10. The lowest BCUT2D eigenvalue weighted by Crippen LogP contribution is -2.27. The van der Waals surface area contributed by atoms with Crippen LogP contribution in [0.25, 0.3) is 0 Å². The fourth-order valence-corrected chi connectivity index (χ4v) is 2.10. The number of esters is 1. The van der Waals surface area contributed by atoms with E-state index >= 15 is 0 Å². The van der Waals surface area contributed by atoms with E-state index in [1.807, 2.05) is 6.07 Å². The summed E-state index contributed by atoms with van der Waals surface area (Å²) in [5, 5.41) is 12.9. The summed E-state index contributed by atoms with van der Waals surface area (Å²) in [6.07, 6.45) is 0.124. The first-order chi connectivity index (χ1) is 9.02. The molecule has 0 radical (unpaired) electrons. The summed E-state index contributed by atoms with van der Waals surface area (Å²) in [6, 6.07) is 6.11. The monoisotopic (exact) mass is 329 g/mol. The maximum atomic E-state index is 10.9. The molecule has 1 aromatic rings. The highest BCUT2D eigenvalue weighted by atomic mass is 79.9. The number of hydrogen-bond acceptors (Lipinski definition) is 4. The third-order valence-electron chi connectivity index (χ3n) is 2.92. The highest BCUT2D eigenvalue weighted by Gasteiger charge is 2.08. The number of halogens is 1. The van der Waals surface area contributed by atoms with Crippen LogP contribution in [0, 0.1) is 6.92 Å². The second kappa shape index (κ2) is 8.30. The predicted molar refractivity (Wildman–Crippen MR) is 77.8 cm³/mol. The first-order valence-corrected chi connectivity index (χ1v) is 7.03. The first kappa shape index (κ1) is 16.1. The van der Waals surface area contributed by atoms with Gasteiger partial charge in [-0.25, -0.2) is 0 Å².